The van der Waals surface area contributed by atoms with Gasteiger partial charge in [0.15, 0.2) is 0 Å². The van der Waals surface area contributed by atoms with Crippen molar-refractivity contribution in [2.45, 2.75) is 6.42 Å². The van der Waals surface area contributed by atoms with Gasteiger partial charge in [0, 0.05) is 5.02 Å². The summed E-state index contributed by atoms with van der Waals surface area (Å²) in [5.74, 6) is -0.217. The maximum absolute atomic E-state index is 11.9. The van der Waals surface area contributed by atoms with Crippen LogP contribution < -0.4 is 15.8 Å². The monoisotopic (exact) mass is 318 g/mol. The van der Waals surface area contributed by atoms with Crippen LogP contribution in [-0.4, -0.2) is 18.4 Å². The second kappa shape index (κ2) is 7.47. The number of nitrogens with two attached hydrogens (primary N) is 1. The van der Waals surface area contributed by atoms with E-state index >= 15 is 0 Å². The smallest absolute Gasteiger partial charge is 0.250 e. The number of carbonyl (C=O) groups is 2. The number of anilines is 1. The topological polar surface area (TPSA) is 81.4 Å². The third-order valence-electron chi connectivity index (χ3n) is 2.88. The lowest BCUT2D eigenvalue weighted by Gasteiger charge is -2.09. The summed E-state index contributed by atoms with van der Waals surface area (Å²) in [4.78, 5) is 23.1. The van der Waals surface area contributed by atoms with E-state index < -0.39 is 5.91 Å². The molecule has 0 unspecified atom stereocenters. The summed E-state index contributed by atoms with van der Waals surface area (Å²) in [5.41, 5.74) is 5.92. The Labute approximate surface area is 133 Å². The summed E-state index contributed by atoms with van der Waals surface area (Å²) in [5, 5.41) is 3.27. The van der Waals surface area contributed by atoms with Crippen LogP contribution in [0.1, 0.15) is 16.8 Å². The van der Waals surface area contributed by atoms with Crippen LogP contribution in [0.5, 0.6) is 5.75 Å². The molecule has 114 valence electrons. The lowest BCUT2D eigenvalue weighted by atomic mass is 10.1. The van der Waals surface area contributed by atoms with E-state index in [1.54, 1.807) is 48.5 Å². The van der Waals surface area contributed by atoms with E-state index in [1.165, 1.54) is 0 Å². The van der Waals surface area contributed by atoms with Crippen molar-refractivity contribution in [2.24, 2.45) is 5.73 Å². The van der Waals surface area contributed by atoms with Gasteiger partial charge < -0.3 is 15.8 Å². The van der Waals surface area contributed by atoms with E-state index in [0.29, 0.717) is 16.5 Å². The summed E-state index contributed by atoms with van der Waals surface area (Å²) >= 11 is 5.77. The Bertz CT molecular complexity index is 671. The molecule has 0 aliphatic carbocycles. The van der Waals surface area contributed by atoms with Gasteiger partial charge in [-0.05, 0) is 36.4 Å². The summed E-state index contributed by atoms with van der Waals surface area (Å²) in [6.45, 7) is 0.214. The van der Waals surface area contributed by atoms with Gasteiger partial charge in [0.1, 0.15) is 5.75 Å². The molecule has 0 heterocycles. The molecule has 2 aromatic rings. The third-order valence-corrected chi connectivity index (χ3v) is 3.13. The first-order valence-corrected chi connectivity index (χ1v) is 7.01. The number of primary amides is 1. The molecule has 0 saturated carbocycles. The molecule has 0 fully saturated rings. The van der Waals surface area contributed by atoms with Crippen LogP contribution in [0.2, 0.25) is 5.02 Å². The first-order chi connectivity index (χ1) is 10.6. The first-order valence-electron chi connectivity index (χ1n) is 6.63. The Morgan fingerprint density at radius 3 is 2.45 bits per heavy atom. The number of carbonyl (C=O) groups excluding carboxylic acids is 2. The van der Waals surface area contributed by atoms with Gasteiger partial charge in [-0.25, -0.2) is 0 Å². The molecule has 22 heavy (non-hydrogen) atoms. The Kier molecular flexibility index (Phi) is 5.38. The van der Waals surface area contributed by atoms with Crippen LogP contribution >= 0.6 is 11.6 Å². The van der Waals surface area contributed by atoms with E-state index in [9.17, 15) is 9.59 Å². The molecule has 0 radical (unpaired) electrons. The van der Waals surface area contributed by atoms with Crippen LogP contribution in [0.3, 0.4) is 0 Å². The van der Waals surface area contributed by atoms with Crippen LogP contribution in [0.4, 0.5) is 5.69 Å². The zero-order valence-electron chi connectivity index (χ0n) is 11.7. The lowest BCUT2D eigenvalue weighted by Crippen LogP contribution is -2.19. The Morgan fingerprint density at radius 1 is 1.09 bits per heavy atom. The second-order valence-electron chi connectivity index (χ2n) is 4.51. The summed E-state index contributed by atoms with van der Waals surface area (Å²) < 4.78 is 5.44. The van der Waals surface area contributed by atoms with E-state index in [1.807, 2.05) is 0 Å². The number of ether oxygens (including phenoxy) is 1. The van der Waals surface area contributed by atoms with Crippen molar-refractivity contribution in [3.8, 4) is 5.75 Å². The molecule has 0 aliphatic rings. The third kappa shape index (κ3) is 4.49. The second-order valence-corrected chi connectivity index (χ2v) is 4.95. The fourth-order valence-electron chi connectivity index (χ4n) is 1.81. The zero-order chi connectivity index (χ0) is 15.9. The Balaban J connectivity index is 1.86. The number of benzene rings is 2. The van der Waals surface area contributed by atoms with Gasteiger partial charge in [0.2, 0.25) is 5.91 Å². The van der Waals surface area contributed by atoms with E-state index in [-0.39, 0.29) is 24.5 Å². The SMILES string of the molecule is NC(=O)c1ccccc1NC(=O)CCOc1ccc(Cl)cc1. The molecular weight excluding hydrogens is 304 g/mol. The minimum atomic E-state index is -0.590. The number of amides is 2. The van der Waals surface area contributed by atoms with Crippen molar-refractivity contribution >= 4 is 29.1 Å². The quantitative estimate of drug-likeness (QED) is 0.859. The van der Waals surface area contributed by atoms with Crippen LogP contribution in [0.25, 0.3) is 0 Å². The highest BCUT2D eigenvalue weighted by atomic mass is 35.5. The molecule has 2 aromatic carbocycles. The van der Waals surface area contributed by atoms with Crippen molar-refractivity contribution in [1.29, 1.82) is 0 Å². The van der Waals surface area contributed by atoms with E-state index in [0.717, 1.165) is 0 Å². The highest BCUT2D eigenvalue weighted by Gasteiger charge is 2.10. The molecule has 3 N–H and O–H groups in total. The summed E-state index contributed by atoms with van der Waals surface area (Å²) in [6, 6.07) is 13.4. The highest BCUT2D eigenvalue weighted by Crippen LogP contribution is 2.16. The molecule has 2 amide bonds. The number of nitrogens with one attached hydrogen (secondary N) is 1. The molecular formula is C16H15ClN2O3. The minimum Gasteiger partial charge on any atom is -0.493 e. The number of halogens is 1. The van der Waals surface area contributed by atoms with Crippen molar-refractivity contribution < 1.29 is 14.3 Å². The molecule has 0 aliphatic heterocycles. The Hall–Kier alpha value is -2.53. The van der Waals surface area contributed by atoms with Crippen molar-refractivity contribution in [1.82, 2.24) is 0 Å². The molecule has 0 atom stereocenters. The average Bonchev–Trinajstić information content (AvgIpc) is 2.49. The summed E-state index contributed by atoms with van der Waals surface area (Å²) in [6.07, 6.45) is 0.149. The molecule has 0 bridgehead atoms. The fourth-order valence-corrected chi connectivity index (χ4v) is 1.94. The number of hydrogen-bond donors (Lipinski definition) is 2. The zero-order valence-corrected chi connectivity index (χ0v) is 12.5. The van der Waals surface area contributed by atoms with Gasteiger partial charge in [0.25, 0.3) is 5.91 Å². The molecule has 2 rings (SSSR count). The molecule has 5 nitrogen and oxygen atoms in total. The molecule has 0 aromatic heterocycles. The normalized spacial score (nSPS) is 10.0. The van der Waals surface area contributed by atoms with Gasteiger partial charge in [-0.15, -0.1) is 0 Å². The van der Waals surface area contributed by atoms with Crippen molar-refractivity contribution in [3.05, 3.63) is 59.1 Å². The predicted molar refractivity (Wildman–Crippen MR) is 85.2 cm³/mol. The summed E-state index contributed by atoms with van der Waals surface area (Å²) in [7, 11) is 0. The van der Waals surface area contributed by atoms with E-state index in [2.05, 4.69) is 5.32 Å². The molecule has 0 spiro atoms. The van der Waals surface area contributed by atoms with Crippen molar-refractivity contribution in [2.75, 3.05) is 11.9 Å². The number of para-hydroxylation sites is 1. The van der Waals surface area contributed by atoms with Gasteiger partial charge in [-0.1, -0.05) is 23.7 Å². The van der Waals surface area contributed by atoms with E-state index in [4.69, 9.17) is 22.1 Å². The molecule has 6 heteroatoms. The molecule has 0 saturated heterocycles. The maximum atomic E-state index is 11.9. The van der Waals surface area contributed by atoms with Crippen LogP contribution in [-0.2, 0) is 4.79 Å². The predicted octanol–water partition coefficient (Wildman–Crippen LogP) is 2.85. The first kappa shape index (κ1) is 15.9. The average molecular weight is 319 g/mol. The highest BCUT2D eigenvalue weighted by molar-refractivity contribution is 6.30. The standard InChI is InChI=1S/C16H15ClN2O3/c17-11-5-7-12(8-6-11)22-10-9-15(20)19-14-4-2-1-3-13(14)16(18)21/h1-8H,9-10H2,(H2,18,21)(H,19,20). The van der Waals surface area contributed by atoms with Gasteiger partial charge in [0.05, 0.1) is 24.3 Å². The lowest BCUT2D eigenvalue weighted by molar-refractivity contribution is -0.116. The van der Waals surface area contributed by atoms with Gasteiger partial charge >= 0.3 is 0 Å². The van der Waals surface area contributed by atoms with Gasteiger partial charge in [-0.3, -0.25) is 9.59 Å². The minimum absolute atomic E-state index is 0.149. The van der Waals surface area contributed by atoms with Crippen molar-refractivity contribution in [3.63, 3.8) is 0 Å². The number of rotatable bonds is 6. The van der Waals surface area contributed by atoms with Crippen LogP contribution in [0.15, 0.2) is 48.5 Å². The maximum Gasteiger partial charge on any atom is 0.250 e. The Morgan fingerprint density at radius 2 is 1.77 bits per heavy atom. The number of hydrogen-bond acceptors (Lipinski definition) is 3. The largest absolute Gasteiger partial charge is 0.493 e. The fraction of sp³-hybridized carbons (Fsp3) is 0.125. The van der Waals surface area contributed by atoms with Crippen LogP contribution in [0, 0.1) is 0 Å². The van der Waals surface area contributed by atoms with Gasteiger partial charge in [-0.2, -0.15) is 0 Å².